The minimum Gasteiger partial charge on any atom is -0.389 e. The molecule has 0 bridgehead atoms. The van der Waals surface area contributed by atoms with Gasteiger partial charge in [0.05, 0.1) is 16.2 Å². The van der Waals surface area contributed by atoms with E-state index in [0.717, 1.165) is 5.56 Å². The molecule has 0 amide bonds. The van der Waals surface area contributed by atoms with Gasteiger partial charge >= 0.3 is 0 Å². The van der Waals surface area contributed by atoms with Gasteiger partial charge in [-0.05, 0) is 47.0 Å². The zero-order valence-corrected chi connectivity index (χ0v) is 11.3. The van der Waals surface area contributed by atoms with Crippen LogP contribution in [0, 0.1) is 5.82 Å². The van der Waals surface area contributed by atoms with Crippen molar-refractivity contribution in [1.82, 2.24) is 0 Å². The second kappa shape index (κ2) is 5.04. The van der Waals surface area contributed by atoms with Gasteiger partial charge < -0.3 is 9.84 Å². The van der Waals surface area contributed by atoms with Gasteiger partial charge in [-0.2, -0.15) is 0 Å². The first-order chi connectivity index (χ1) is 7.98. The topological polar surface area (TPSA) is 29.5 Å². The molecule has 1 aromatic rings. The Labute approximate surface area is 109 Å². The van der Waals surface area contributed by atoms with Crippen molar-refractivity contribution in [2.24, 2.45) is 0 Å². The van der Waals surface area contributed by atoms with Gasteiger partial charge in [-0.1, -0.05) is 6.07 Å². The summed E-state index contributed by atoms with van der Waals surface area (Å²) in [5.41, 5.74) is 0.212. The molecule has 0 aliphatic carbocycles. The van der Waals surface area contributed by atoms with E-state index in [1.165, 1.54) is 6.07 Å². The van der Waals surface area contributed by atoms with E-state index in [9.17, 15) is 9.50 Å². The van der Waals surface area contributed by atoms with E-state index in [1.807, 2.05) is 6.92 Å². The van der Waals surface area contributed by atoms with Gasteiger partial charge in [0, 0.05) is 19.4 Å². The maximum Gasteiger partial charge on any atom is 0.137 e. The van der Waals surface area contributed by atoms with Crippen LogP contribution in [0.1, 0.15) is 25.3 Å². The van der Waals surface area contributed by atoms with Crippen molar-refractivity contribution in [2.45, 2.75) is 37.9 Å². The van der Waals surface area contributed by atoms with Gasteiger partial charge in [0.2, 0.25) is 0 Å². The first-order valence-electron chi connectivity index (χ1n) is 5.76. The Morgan fingerprint density at radius 2 is 2.35 bits per heavy atom. The molecule has 17 heavy (non-hydrogen) atoms. The first kappa shape index (κ1) is 13.0. The molecular formula is C13H16BrFO2. The van der Waals surface area contributed by atoms with E-state index in [2.05, 4.69) is 15.9 Å². The van der Waals surface area contributed by atoms with Crippen LogP contribution in [0.5, 0.6) is 0 Å². The van der Waals surface area contributed by atoms with Crippen LogP contribution in [0.2, 0.25) is 0 Å². The largest absolute Gasteiger partial charge is 0.389 e. The van der Waals surface area contributed by atoms with E-state index >= 15 is 0 Å². The van der Waals surface area contributed by atoms with E-state index < -0.39 is 5.60 Å². The predicted octanol–water partition coefficient (Wildman–Crippen LogP) is 3.06. The molecular weight excluding hydrogens is 287 g/mol. The second-order valence-corrected chi connectivity index (χ2v) is 5.64. The second-order valence-electron chi connectivity index (χ2n) is 4.79. The third-order valence-electron chi connectivity index (χ3n) is 3.15. The normalized spacial score (nSPS) is 29.3. The van der Waals surface area contributed by atoms with Crippen molar-refractivity contribution < 1.29 is 14.2 Å². The Balaban J connectivity index is 2.11. The maximum absolute atomic E-state index is 13.1. The molecule has 0 spiro atoms. The average Bonchev–Trinajstić information content (AvgIpc) is 2.22. The molecule has 2 unspecified atom stereocenters. The van der Waals surface area contributed by atoms with Crippen LogP contribution in [0.25, 0.3) is 0 Å². The highest BCUT2D eigenvalue weighted by molar-refractivity contribution is 9.10. The van der Waals surface area contributed by atoms with Crippen LogP contribution >= 0.6 is 15.9 Å². The Hall–Kier alpha value is -0.450. The summed E-state index contributed by atoms with van der Waals surface area (Å²) >= 11 is 3.16. The van der Waals surface area contributed by atoms with E-state index in [4.69, 9.17) is 4.74 Å². The molecule has 0 aromatic heterocycles. The molecule has 2 nitrogen and oxygen atoms in total. The summed E-state index contributed by atoms with van der Waals surface area (Å²) in [5, 5.41) is 10.5. The highest BCUT2D eigenvalue weighted by atomic mass is 79.9. The molecule has 2 atom stereocenters. The van der Waals surface area contributed by atoms with Crippen molar-refractivity contribution in [3.63, 3.8) is 0 Å². The fraction of sp³-hybridized carbons (Fsp3) is 0.538. The van der Waals surface area contributed by atoms with Crippen LogP contribution in [0.15, 0.2) is 22.7 Å². The average molecular weight is 303 g/mol. The van der Waals surface area contributed by atoms with Crippen LogP contribution in [-0.2, 0) is 11.2 Å². The highest BCUT2D eigenvalue weighted by Crippen LogP contribution is 2.29. The van der Waals surface area contributed by atoms with Crippen LogP contribution in [0.4, 0.5) is 4.39 Å². The van der Waals surface area contributed by atoms with E-state index in [1.54, 1.807) is 12.1 Å². The van der Waals surface area contributed by atoms with Crippen molar-refractivity contribution in [1.29, 1.82) is 0 Å². The molecule has 1 aromatic carbocycles. The minimum atomic E-state index is -0.727. The number of ether oxygens (including phenoxy) is 1. The zero-order valence-electron chi connectivity index (χ0n) is 9.75. The quantitative estimate of drug-likeness (QED) is 0.910. The summed E-state index contributed by atoms with van der Waals surface area (Å²) in [7, 11) is 0. The summed E-state index contributed by atoms with van der Waals surface area (Å²) in [5.74, 6) is -0.277. The SMILES string of the molecule is CC1CC(O)(Cc2ccc(F)c(Br)c2)CCO1. The first-order valence-corrected chi connectivity index (χ1v) is 6.56. The number of hydrogen-bond donors (Lipinski definition) is 1. The molecule has 4 heteroatoms. The molecule has 1 aliphatic heterocycles. The Bertz CT molecular complexity index is 410. The molecule has 1 N–H and O–H groups in total. The van der Waals surface area contributed by atoms with E-state index in [0.29, 0.717) is 30.3 Å². The Morgan fingerprint density at radius 3 is 3.00 bits per heavy atom. The molecule has 94 valence electrons. The maximum atomic E-state index is 13.1. The summed E-state index contributed by atoms with van der Waals surface area (Å²) < 4.78 is 19.0. The smallest absolute Gasteiger partial charge is 0.137 e. The molecule has 1 heterocycles. The van der Waals surface area contributed by atoms with Gasteiger partial charge in [-0.3, -0.25) is 0 Å². The minimum absolute atomic E-state index is 0.0811. The molecule has 1 aliphatic rings. The Morgan fingerprint density at radius 1 is 1.59 bits per heavy atom. The van der Waals surface area contributed by atoms with Gasteiger partial charge in [0.15, 0.2) is 0 Å². The number of hydrogen-bond acceptors (Lipinski definition) is 2. The fourth-order valence-electron chi connectivity index (χ4n) is 2.34. The lowest BCUT2D eigenvalue weighted by Crippen LogP contribution is -2.41. The Kier molecular flexibility index (Phi) is 3.85. The summed E-state index contributed by atoms with van der Waals surface area (Å²) in [4.78, 5) is 0. The summed E-state index contributed by atoms with van der Waals surface area (Å²) in [6.45, 7) is 2.55. The number of rotatable bonds is 2. The van der Waals surface area contributed by atoms with Crippen LogP contribution in [0.3, 0.4) is 0 Å². The van der Waals surface area contributed by atoms with Crippen molar-refractivity contribution >= 4 is 15.9 Å². The summed E-state index contributed by atoms with van der Waals surface area (Å²) in [6.07, 6.45) is 1.88. The van der Waals surface area contributed by atoms with Crippen LogP contribution in [-0.4, -0.2) is 23.4 Å². The van der Waals surface area contributed by atoms with Gasteiger partial charge in [0.1, 0.15) is 5.82 Å². The fourth-order valence-corrected chi connectivity index (χ4v) is 2.76. The lowest BCUT2D eigenvalue weighted by atomic mass is 9.85. The van der Waals surface area contributed by atoms with Crippen molar-refractivity contribution in [2.75, 3.05) is 6.61 Å². The lowest BCUT2D eigenvalue weighted by Gasteiger charge is -2.35. The third kappa shape index (κ3) is 3.27. The molecule has 0 radical (unpaired) electrons. The molecule has 1 saturated heterocycles. The monoisotopic (exact) mass is 302 g/mol. The molecule has 0 saturated carbocycles. The predicted molar refractivity (Wildman–Crippen MR) is 67.4 cm³/mol. The van der Waals surface area contributed by atoms with Gasteiger partial charge in [-0.15, -0.1) is 0 Å². The number of aliphatic hydroxyl groups is 1. The summed E-state index contributed by atoms with van der Waals surface area (Å²) in [6, 6.07) is 4.87. The third-order valence-corrected chi connectivity index (χ3v) is 3.76. The molecule has 1 fully saturated rings. The van der Waals surface area contributed by atoms with E-state index in [-0.39, 0.29) is 11.9 Å². The number of halogens is 2. The van der Waals surface area contributed by atoms with Gasteiger partial charge in [0.25, 0.3) is 0 Å². The van der Waals surface area contributed by atoms with Crippen LogP contribution < -0.4 is 0 Å². The van der Waals surface area contributed by atoms with Crippen molar-refractivity contribution in [3.8, 4) is 0 Å². The van der Waals surface area contributed by atoms with Gasteiger partial charge in [-0.25, -0.2) is 4.39 Å². The number of benzene rings is 1. The van der Waals surface area contributed by atoms with Crippen molar-refractivity contribution in [3.05, 3.63) is 34.1 Å². The lowest BCUT2D eigenvalue weighted by molar-refractivity contribution is -0.0961. The zero-order chi connectivity index (χ0) is 12.5. The molecule has 2 rings (SSSR count). The highest BCUT2D eigenvalue weighted by Gasteiger charge is 2.33. The standard InChI is InChI=1S/C13H16BrFO2/c1-9-7-13(16,4-5-17-9)8-10-2-3-12(15)11(14)6-10/h2-3,6,9,16H,4-5,7-8H2,1H3.